The molecule has 0 aromatic heterocycles. The van der Waals surface area contributed by atoms with Crippen molar-refractivity contribution in [3.63, 3.8) is 0 Å². The lowest BCUT2D eigenvalue weighted by Crippen LogP contribution is -2.48. The van der Waals surface area contributed by atoms with Crippen LogP contribution in [0.1, 0.15) is 40.5 Å². The Kier molecular flexibility index (Phi) is 3.07. The molecular weight excluding hydrogens is 194 g/mol. The molecule has 1 amide bonds. The third-order valence-corrected chi connectivity index (χ3v) is 3.03. The number of aliphatic carboxylic acids is 1. The van der Waals surface area contributed by atoms with E-state index in [0.29, 0.717) is 6.42 Å². The third-order valence-electron chi connectivity index (χ3n) is 3.03. The molecule has 0 aliphatic carbocycles. The van der Waals surface area contributed by atoms with Gasteiger partial charge in [-0.1, -0.05) is 20.8 Å². The van der Waals surface area contributed by atoms with Crippen molar-refractivity contribution in [2.24, 2.45) is 5.41 Å². The Morgan fingerprint density at radius 3 is 2.13 bits per heavy atom. The summed E-state index contributed by atoms with van der Waals surface area (Å²) in [5.41, 5.74) is -0.0597. The van der Waals surface area contributed by atoms with E-state index >= 15 is 0 Å². The van der Waals surface area contributed by atoms with Gasteiger partial charge < -0.3 is 10.0 Å². The van der Waals surface area contributed by atoms with Crippen LogP contribution in [0.25, 0.3) is 0 Å². The minimum atomic E-state index is -0.892. The number of carboxylic acids is 1. The molecule has 1 aliphatic rings. The number of hydrogen-bond acceptors (Lipinski definition) is 2. The van der Waals surface area contributed by atoms with E-state index in [1.54, 1.807) is 0 Å². The van der Waals surface area contributed by atoms with E-state index in [2.05, 4.69) is 0 Å². The Morgan fingerprint density at radius 2 is 1.80 bits per heavy atom. The summed E-state index contributed by atoms with van der Waals surface area (Å²) >= 11 is 0. The first-order valence-electron chi connectivity index (χ1n) is 5.27. The number of rotatable bonds is 1. The molecule has 2 atom stereocenters. The molecule has 0 aromatic rings. The molecule has 1 aliphatic heterocycles. The molecule has 1 rings (SSSR count). The summed E-state index contributed by atoms with van der Waals surface area (Å²) in [6.07, 6.45) is 1.34. The summed E-state index contributed by atoms with van der Waals surface area (Å²) in [6, 6.07) is -0.595. The number of nitrogens with zero attached hydrogens (tertiary/aromatic N) is 1. The van der Waals surface area contributed by atoms with Crippen LogP contribution in [0.4, 0.5) is 0 Å². The van der Waals surface area contributed by atoms with Crippen LogP contribution in [0, 0.1) is 5.41 Å². The summed E-state index contributed by atoms with van der Waals surface area (Å²) in [5, 5.41) is 9.02. The van der Waals surface area contributed by atoms with Crippen LogP contribution < -0.4 is 0 Å². The largest absolute Gasteiger partial charge is 0.480 e. The number of likely N-dealkylation sites (tertiary alicyclic amines) is 1. The molecule has 1 N–H and O–H groups in total. The van der Waals surface area contributed by atoms with Crippen LogP contribution in [0.5, 0.6) is 0 Å². The quantitative estimate of drug-likeness (QED) is 0.718. The second-order valence-electron chi connectivity index (χ2n) is 5.24. The highest BCUT2D eigenvalue weighted by Gasteiger charge is 2.44. The SMILES string of the molecule is CC(=O)N1[C@H](C(=O)O)CC[C@@H]1C(C)(C)C. The van der Waals surface area contributed by atoms with Gasteiger partial charge in [-0.2, -0.15) is 0 Å². The second kappa shape index (κ2) is 3.83. The van der Waals surface area contributed by atoms with Crippen LogP contribution >= 0.6 is 0 Å². The molecule has 1 heterocycles. The van der Waals surface area contributed by atoms with E-state index in [4.69, 9.17) is 5.11 Å². The predicted octanol–water partition coefficient (Wildman–Crippen LogP) is 1.50. The molecule has 4 heteroatoms. The van der Waals surface area contributed by atoms with Crippen LogP contribution in [0.2, 0.25) is 0 Å². The van der Waals surface area contributed by atoms with Crippen molar-refractivity contribution in [1.82, 2.24) is 4.90 Å². The van der Waals surface area contributed by atoms with Gasteiger partial charge in [-0.15, -0.1) is 0 Å². The van der Waals surface area contributed by atoms with Gasteiger partial charge in [0.05, 0.1) is 0 Å². The molecule has 15 heavy (non-hydrogen) atoms. The van der Waals surface area contributed by atoms with Gasteiger partial charge in [-0.3, -0.25) is 4.79 Å². The number of hydrogen-bond donors (Lipinski definition) is 1. The molecule has 0 unspecified atom stereocenters. The van der Waals surface area contributed by atoms with Crippen LogP contribution in [0.3, 0.4) is 0 Å². The summed E-state index contributed by atoms with van der Waals surface area (Å²) in [5.74, 6) is -1.03. The zero-order chi connectivity index (χ0) is 11.8. The number of carboxylic acid groups (broad SMARTS) is 1. The van der Waals surface area contributed by atoms with Crippen molar-refractivity contribution in [3.8, 4) is 0 Å². The van der Waals surface area contributed by atoms with Gasteiger partial charge in [0.1, 0.15) is 6.04 Å². The molecule has 0 aromatic carbocycles. The molecule has 0 spiro atoms. The van der Waals surface area contributed by atoms with Crippen molar-refractivity contribution in [2.75, 3.05) is 0 Å². The predicted molar refractivity (Wildman–Crippen MR) is 56.4 cm³/mol. The minimum Gasteiger partial charge on any atom is -0.480 e. The van der Waals surface area contributed by atoms with Crippen LogP contribution in [-0.2, 0) is 9.59 Å². The fourth-order valence-corrected chi connectivity index (χ4v) is 2.34. The molecule has 1 saturated heterocycles. The zero-order valence-corrected chi connectivity index (χ0v) is 9.78. The topological polar surface area (TPSA) is 57.6 Å². The highest BCUT2D eigenvalue weighted by molar-refractivity contribution is 5.83. The average Bonchev–Trinajstić information content (AvgIpc) is 2.45. The molecule has 0 saturated carbocycles. The first-order chi connectivity index (χ1) is 6.75. The first-order valence-corrected chi connectivity index (χ1v) is 5.27. The zero-order valence-electron chi connectivity index (χ0n) is 9.78. The highest BCUT2D eigenvalue weighted by Crippen LogP contribution is 2.36. The van der Waals surface area contributed by atoms with Gasteiger partial charge in [0.15, 0.2) is 0 Å². The Morgan fingerprint density at radius 1 is 1.27 bits per heavy atom. The second-order valence-corrected chi connectivity index (χ2v) is 5.24. The van der Waals surface area contributed by atoms with E-state index in [0.717, 1.165) is 6.42 Å². The Bertz CT molecular complexity index is 280. The van der Waals surface area contributed by atoms with E-state index in [1.165, 1.54) is 11.8 Å². The number of carbonyl (C=O) groups is 2. The molecule has 86 valence electrons. The van der Waals surface area contributed by atoms with E-state index < -0.39 is 12.0 Å². The monoisotopic (exact) mass is 213 g/mol. The molecule has 0 radical (unpaired) electrons. The Labute approximate surface area is 90.3 Å². The van der Waals surface area contributed by atoms with E-state index in [1.807, 2.05) is 20.8 Å². The van der Waals surface area contributed by atoms with Gasteiger partial charge in [0.25, 0.3) is 0 Å². The Balaban J connectivity index is 2.95. The normalized spacial score (nSPS) is 26.8. The maximum atomic E-state index is 11.5. The summed E-state index contributed by atoms with van der Waals surface area (Å²) in [6.45, 7) is 7.56. The summed E-state index contributed by atoms with van der Waals surface area (Å²) in [7, 11) is 0. The lowest BCUT2D eigenvalue weighted by atomic mass is 9.85. The Hall–Kier alpha value is -1.06. The molecule has 4 nitrogen and oxygen atoms in total. The van der Waals surface area contributed by atoms with Crippen molar-refractivity contribution < 1.29 is 14.7 Å². The van der Waals surface area contributed by atoms with Gasteiger partial charge in [-0.05, 0) is 18.3 Å². The first kappa shape index (κ1) is 12.0. The number of carbonyl (C=O) groups excluding carboxylic acids is 1. The van der Waals surface area contributed by atoms with Crippen LogP contribution in [0.15, 0.2) is 0 Å². The van der Waals surface area contributed by atoms with Crippen molar-refractivity contribution in [2.45, 2.75) is 52.6 Å². The van der Waals surface area contributed by atoms with Gasteiger partial charge >= 0.3 is 5.97 Å². The smallest absolute Gasteiger partial charge is 0.326 e. The van der Waals surface area contributed by atoms with Crippen molar-refractivity contribution >= 4 is 11.9 Å². The van der Waals surface area contributed by atoms with E-state index in [9.17, 15) is 9.59 Å². The summed E-state index contributed by atoms with van der Waals surface area (Å²) in [4.78, 5) is 24.0. The maximum absolute atomic E-state index is 11.5. The molecule has 1 fully saturated rings. The van der Waals surface area contributed by atoms with Gasteiger partial charge in [0.2, 0.25) is 5.91 Å². The lowest BCUT2D eigenvalue weighted by molar-refractivity contribution is -0.150. The fraction of sp³-hybridized carbons (Fsp3) is 0.818. The van der Waals surface area contributed by atoms with Gasteiger partial charge in [-0.25, -0.2) is 4.79 Å². The van der Waals surface area contributed by atoms with Crippen molar-refractivity contribution in [1.29, 1.82) is 0 Å². The van der Waals surface area contributed by atoms with Gasteiger partial charge in [0, 0.05) is 13.0 Å². The standard InChI is InChI=1S/C11H19NO3/c1-7(13)12-8(10(14)15)5-6-9(12)11(2,3)4/h8-9H,5-6H2,1-4H3,(H,14,15)/t8-,9+/m0/s1. The fourth-order valence-electron chi connectivity index (χ4n) is 2.34. The average molecular weight is 213 g/mol. The lowest BCUT2D eigenvalue weighted by Gasteiger charge is -2.36. The van der Waals surface area contributed by atoms with Crippen LogP contribution in [-0.4, -0.2) is 34.0 Å². The summed E-state index contributed by atoms with van der Waals surface area (Å²) < 4.78 is 0. The van der Waals surface area contributed by atoms with E-state index in [-0.39, 0.29) is 17.4 Å². The minimum absolute atomic E-state index is 0.0381. The third kappa shape index (κ3) is 2.30. The maximum Gasteiger partial charge on any atom is 0.326 e. The molecule has 0 bridgehead atoms. The highest BCUT2D eigenvalue weighted by atomic mass is 16.4. The van der Waals surface area contributed by atoms with Crippen molar-refractivity contribution in [3.05, 3.63) is 0 Å². The molecular formula is C11H19NO3. The number of amides is 1.